The summed E-state index contributed by atoms with van der Waals surface area (Å²) < 4.78 is 9.69. The lowest BCUT2D eigenvalue weighted by Gasteiger charge is -2.45. The summed E-state index contributed by atoms with van der Waals surface area (Å²) in [6.45, 7) is 4.84. The number of rotatable bonds is 8. The number of anilines is 17. The van der Waals surface area contributed by atoms with Gasteiger partial charge in [0, 0.05) is 122 Å². The van der Waals surface area contributed by atoms with Crippen molar-refractivity contribution in [2.24, 2.45) is 0 Å². The lowest BCUT2D eigenvalue weighted by molar-refractivity contribution is 0.651. The van der Waals surface area contributed by atoms with Gasteiger partial charge in [-0.05, 0) is 206 Å². The van der Waals surface area contributed by atoms with Gasteiger partial charge in [0.05, 0.1) is 17.0 Å². The molecule has 6 aliphatic heterocycles. The second-order valence-corrected chi connectivity index (χ2v) is 31.6. The third kappa shape index (κ3) is 8.58. The first kappa shape index (κ1) is 61.7. The van der Waals surface area contributed by atoms with E-state index in [-0.39, 0.29) is 25.6 Å². The van der Waals surface area contributed by atoms with Crippen LogP contribution in [-0.2, 0) is 5.41 Å². The highest BCUT2D eigenvalue weighted by Crippen LogP contribution is 2.57. The molecule has 0 saturated heterocycles. The van der Waals surface area contributed by atoms with Gasteiger partial charge in [-0.1, -0.05) is 232 Å². The summed E-state index contributed by atoms with van der Waals surface area (Å²) >= 11 is 1.93. The van der Waals surface area contributed by atoms with Crippen LogP contribution in [0.2, 0.25) is 0 Å². The van der Waals surface area contributed by atoms with Gasteiger partial charge >= 0.3 is 0 Å². The topological polar surface area (TPSA) is 32.6 Å². The number of nitrogens with zero attached hydrogens (tertiary/aromatic N) is 6. The molecule has 7 aliphatic rings. The molecule has 0 unspecified atom stereocenters. The number of thiophene rings is 1. The Labute approximate surface area is 643 Å². The lowest BCUT2D eigenvalue weighted by atomic mass is 9.30. The monoisotopic (exact) mass is 1420 g/mol. The third-order valence-corrected chi connectivity index (χ3v) is 25.8. The molecule has 8 heterocycles. The zero-order valence-electron chi connectivity index (χ0n) is 60.3. The SMILES string of the molecule is CC1(C)C2=C(c3ccccc31)N(c1ccc(-c3ccc(N4c5ccccc5B5c6sc7ccccc7c6N(c6cccc(-c7cccc(N8c9ccccc9B9c%10oc%11ccccc%11c%10N(c%10ccccc%10)c%10cccc8c%109)c7)c6)c6cccc4c65)cc3)cc1)c1cccc3c1B2c1ccccc1N3c1ccccc1. The fraction of sp³-hybridized carbons (Fsp3) is 0.0303. The molecule has 11 heteroatoms. The van der Waals surface area contributed by atoms with Crippen LogP contribution in [0.15, 0.2) is 368 Å². The summed E-state index contributed by atoms with van der Waals surface area (Å²) in [6.07, 6.45) is 0. The molecule has 0 spiro atoms. The minimum Gasteiger partial charge on any atom is -0.468 e. The van der Waals surface area contributed by atoms with Gasteiger partial charge in [0.25, 0.3) is 13.4 Å². The second kappa shape index (κ2) is 23.3. The number of allylic oxidation sites excluding steroid dienone is 1. The summed E-state index contributed by atoms with van der Waals surface area (Å²) in [5.74, 6) is 0. The molecule has 0 fully saturated rings. The van der Waals surface area contributed by atoms with Crippen LogP contribution in [0.1, 0.15) is 25.0 Å². The molecule has 0 atom stereocenters. The molecule has 7 nitrogen and oxygen atoms in total. The number of furan rings is 1. The molecule has 0 bridgehead atoms. The van der Waals surface area contributed by atoms with Gasteiger partial charge in [0.15, 0.2) is 0 Å². The minimum absolute atomic E-state index is 0.00493. The van der Waals surface area contributed by atoms with Crippen molar-refractivity contribution in [1.29, 1.82) is 0 Å². The van der Waals surface area contributed by atoms with Gasteiger partial charge < -0.3 is 33.8 Å². The van der Waals surface area contributed by atoms with Crippen molar-refractivity contribution in [2.75, 3.05) is 29.4 Å². The van der Waals surface area contributed by atoms with E-state index in [0.717, 1.165) is 95.8 Å². The molecule has 24 rings (SSSR count). The van der Waals surface area contributed by atoms with Gasteiger partial charge in [-0.15, -0.1) is 11.3 Å². The van der Waals surface area contributed by atoms with Crippen LogP contribution < -0.4 is 72.6 Å². The molecule has 2 aromatic heterocycles. The first-order chi connectivity index (χ1) is 54.4. The van der Waals surface area contributed by atoms with Crippen molar-refractivity contribution < 1.29 is 4.42 Å². The highest BCUT2D eigenvalue weighted by molar-refractivity contribution is 7.33. The number of para-hydroxylation sites is 6. The van der Waals surface area contributed by atoms with E-state index in [9.17, 15) is 0 Å². The Morgan fingerprint density at radius 2 is 0.691 bits per heavy atom. The summed E-state index contributed by atoms with van der Waals surface area (Å²) in [5.41, 5.74) is 39.1. The van der Waals surface area contributed by atoms with Crippen LogP contribution in [-0.4, -0.2) is 20.1 Å². The van der Waals surface area contributed by atoms with E-state index in [4.69, 9.17) is 4.42 Å². The Bertz CT molecular complexity index is 6790. The lowest BCUT2D eigenvalue weighted by Crippen LogP contribution is -2.60. The Morgan fingerprint density at radius 3 is 1.30 bits per heavy atom. The summed E-state index contributed by atoms with van der Waals surface area (Å²) in [7, 11) is 0. The zero-order valence-corrected chi connectivity index (χ0v) is 61.1. The van der Waals surface area contributed by atoms with E-state index < -0.39 is 0 Å². The standard InChI is InChI=1S/C99H65B3N6OS/c1-99(2)75-37-12-9-34-72(75)93-96(99)100-76-38-13-16-41-79(76)103(66-28-5-3-6-29-66)82-44-23-47-85(90(82)100)106(93)69-58-54-63(55-59-69)62-52-56-68(57-53-62)104-81-43-18-15-40-78(81)102-92-84(104)46-25-49-87(92)108(95-74-36-11-20-51-89(74)110-98(95)102)71-33-22-27-65(61-71)64-26-21-32-70(60-64)105-80-42-17-14-39-77(80)101-91-83(105)45-24-48-86(91)107(67-30-7-4-8-31-67)94-73-35-10-19-50-88(73)109-97(94)101/h3-61H,1-2H3. The third-order valence-electron chi connectivity index (χ3n) is 24.6. The number of fused-ring (bicyclic) bond motifs is 17. The van der Waals surface area contributed by atoms with Crippen LogP contribution in [0, 0.1) is 0 Å². The number of hydrogen-bond donors (Lipinski definition) is 0. The van der Waals surface area contributed by atoms with Crippen molar-refractivity contribution in [3.63, 3.8) is 0 Å². The van der Waals surface area contributed by atoms with Gasteiger partial charge in [0.1, 0.15) is 5.58 Å². The second-order valence-electron chi connectivity index (χ2n) is 30.5. The molecule has 0 saturated carbocycles. The Morgan fingerprint density at radius 1 is 0.291 bits per heavy atom. The highest BCUT2D eigenvalue weighted by Gasteiger charge is 2.54. The van der Waals surface area contributed by atoms with E-state index in [0.29, 0.717) is 0 Å². The quantitative estimate of drug-likeness (QED) is 0.140. The largest absolute Gasteiger partial charge is 0.468 e. The normalized spacial score (nSPS) is 14.7. The number of hydrogen-bond acceptors (Lipinski definition) is 8. The smallest absolute Gasteiger partial charge is 0.297 e. The van der Waals surface area contributed by atoms with E-state index in [1.165, 1.54) is 110 Å². The van der Waals surface area contributed by atoms with Gasteiger partial charge in [0.2, 0.25) is 6.71 Å². The maximum atomic E-state index is 7.07. The van der Waals surface area contributed by atoms with Crippen LogP contribution in [0.3, 0.4) is 0 Å². The summed E-state index contributed by atoms with van der Waals surface area (Å²) in [4.78, 5) is 15.1. The van der Waals surface area contributed by atoms with Crippen molar-refractivity contribution >= 4 is 198 Å². The van der Waals surface area contributed by atoms with Crippen molar-refractivity contribution in [3.05, 3.63) is 375 Å². The van der Waals surface area contributed by atoms with Crippen LogP contribution in [0.25, 0.3) is 49.0 Å². The summed E-state index contributed by atoms with van der Waals surface area (Å²) in [6, 6.07) is 133. The molecular formula is C99H65B3N6OS. The molecular weight excluding hydrogens is 1350 g/mol. The van der Waals surface area contributed by atoms with Crippen LogP contribution in [0.4, 0.5) is 96.7 Å². The molecule has 17 aromatic rings. The van der Waals surface area contributed by atoms with Crippen LogP contribution in [0.5, 0.6) is 0 Å². The average molecular weight is 1420 g/mol. The first-order valence-electron chi connectivity index (χ1n) is 38.2. The summed E-state index contributed by atoms with van der Waals surface area (Å²) in [5, 5.41) is 2.36. The average Bonchev–Trinajstić information content (AvgIpc) is 1.44. The molecule has 512 valence electrons. The fourth-order valence-corrected chi connectivity index (χ4v) is 21.4. The molecule has 15 aromatic carbocycles. The Kier molecular flexibility index (Phi) is 13.0. The van der Waals surface area contributed by atoms with Crippen molar-refractivity contribution in [1.82, 2.24) is 0 Å². The minimum atomic E-state index is -0.239. The van der Waals surface area contributed by atoms with Gasteiger partial charge in [-0.25, -0.2) is 0 Å². The first-order valence-corrected chi connectivity index (χ1v) is 39.1. The highest BCUT2D eigenvalue weighted by atomic mass is 32.1. The number of benzene rings is 15. The Balaban J connectivity index is 0.596. The molecule has 1 aliphatic carbocycles. The van der Waals surface area contributed by atoms with Gasteiger partial charge in [-0.3, -0.25) is 0 Å². The Hall–Kier alpha value is -13.5. The van der Waals surface area contributed by atoms with Crippen molar-refractivity contribution in [2.45, 2.75) is 19.3 Å². The van der Waals surface area contributed by atoms with E-state index >= 15 is 0 Å². The van der Waals surface area contributed by atoms with Crippen molar-refractivity contribution in [3.8, 4) is 22.3 Å². The fourth-order valence-electron chi connectivity index (χ4n) is 20.1. The molecule has 0 N–H and O–H groups in total. The predicted molar refractivity (Wildman–Crippen MR) is 465 cm³/mol. The molecule has 0 amide bonds. The van der Waals surface area contributed by atoms with Crippen LogP contribution >= 0.6 is 11.3 Å². The zero-order chi connectivity index (χ0) is 72.2. The molecule has 0 radical (unpaired) electrons. The van der Waals surface area contributed by atoms with Gasteiger partial charge in [-0.2, -0.15) is 0 Å². The molecule has 110 heavy (non-hydrogen) atoms. The predicted octanol–water partition coefficient (Wildman–Crippen LogP) is 20.9. The van der Waals surface area contributed by atoms with E-state index in [1.54, 1.807) is 0 Å². The van der Waals surface area contributed by atoms with E-state index in [2.05, 4.69) is 401 Å². The maximum Gasteiger partial charge on any atom is 0.297 e. The maximum absolute atomic E-state index is 7.07. The van der Waals surface area contributed by atoms with E-state index in [1.807, 2.05) is 11.3 Å².